The molecule has 1 saturated heterocycles. The van der Waals surface area contributed by atoms with E-state index in [9.17, 15) is 4.79 Å². The number of carbonyl (C=O) groups is 1. The van der Waals surface area contributed by atoms with Gasteiger partial charge in [0.2, 0.25) is 5.91 Å². The van der Waals surface area contributed by atoms with Crippen molar-refractivity contribution in [3.8, 4) is 0 Å². The molecule has 0 radical (unpaired) electrons. The summed E-state index contributed by atoms with van der Waals surface area (Å²) in [6, 6.07) is 7.95. The van der Waals surface area contributed by atoms with Crippen molar-refractivity contribution in [1.29, 1.82) is 0 Å². The van der Waals surface area contributed by atoms with Gasteiger partial charge in [-0.05, 0) is 31.2 Å². The Kier molecular flexibility index (Phi) is 3.64. The Hall–Kier alpha value is -1.55. The van der Waals surface area contributed by atoms with Crippen molar-refractivity contribution < 1.29 is 4.79 Å². The smallest absolute Gasteiger partial charge is 0.227 e. The number of carbonyl (C=O) groups excluding carboxylic acids is 1. The van der Waals surface area contributed by atoms with Crippen LogP contribution in [0.1, 0.15) is 12.0 Å². The standard InChI is InChI=1S/C13H19N3O/c1-15-12-6-7-16(9-12)13(17)8-10-2-4-11(14)5-3-10/h2-5,12,15H,6-9,14H2,1H3. The number of hydrogen-bond acceptors (Lipinski definition) is 3. The minimum absolute atomic E-state index is 0.201. The van der Waals surface area contributed by atoms with Crippen LogP contribution in [0.2, 0.25) is 0 Å². The van der Waals surface area contributed by atoms with Gasteiger partial charge in [-0.2, -0.15) is 0 Å². The number of amides is 1. The van der Waals surface area contributed by atoms with E-state index in [1.165, 1.54) is 0 Å². The molecule has 1 aromatic rings. The van der Waals surface area contributed by atoms with Crippen LogP contribution in [0, 0.1) is 0 Å². The lowest BCUT2D eigenvalue weighted by Crippen LogP contribution is -2.34. The van der Waals surface area contributed by atoms with Crippen LogP contribution >= 0.6 is 0 Å². The summed E-state index contributed by atoms with van der Waals surface area (Å²) in [5, 5.41) is 3.21. The SMILES string of the molecule is CNC1CCN(C(=O)Cc2ccc(N)cc2)C1. The Labute approximate surface area is 102 Å². The van der Waals surface area contributed by atoms with E-state index in [4.69, 9.17) is 5.73 Å². The van der Waals surface area contributed by atoms with Gasteiger partial charge in [0.15, 0.2) is 0 Å². The lowest BCUT2D eigenvalue weighted by molar-refractivity contribution is -0.129. The van der Waals surface area contributed by atoms with Crippen molar-refractivity contribution >= 4 is 11.6 Å². The molecule has 4 nitrogen and oxygen atoms in total. The maximum atomic E-state index is 12.0. The van der Waals surface area contributed by atoms with Crippen LogP contribution in [-0.4, -0.2) is 37.0 Å². The first-order valence-corrected chi connectivity index (χ1v) is 5.98. The van der Waals surface area contributed by atoms with E-state index in [0.717, 1.165) is 30.8 Å². The zero-order valence-corrected chi connectivity index (χ0v) is 10.1. The van der Waals surface area contributed by atoms with E-state index in [-0.39, 0.29) is 5.91 Å². The molecule has 2 rings (SSSR count). The van der Waals surface area contributed by atoms with Crippen LogP contribution in [0.5, 0.6) is 0 Å². The Bertz CT molecular complexity index is 388. The summed E-state index contributed by atoms with van der Waals surface area (Å²) in [6.07, 6.45) is 1.51. The fraction of sp³-hybridized carbons (Fsp3) is 0.462. The number of anilines is 1. The Morgan fingerprint density at radius 1 is 1.47 bits per heavy atom. The summed E-state index contributed by atoms with van der Waals surface area (Å²) in [7, 11) is 1.94. The first-order valence-electron chi connectivity index (χ1n) is 5.98. The van der Waals surface area contributed by atoms with Crippen LogP contribution < -0.4 is 11.1 Å². The number of likely N-dealkylation sites (tertiary alicyclic amines) is 1. The first-order chi connectivity index (χ1) is 8.19. The Morgan fingerprint density at radius 3 is 2.76 bits per heavy atom. The largest absolute Gasteiger partial charge is 0.399 e. The summed E-state index contributed by atoms with van der Waals surface area (Å²) in [6.45, 7) is 1.68. The topological polar surface area (TPSA) is 58.4 Å². The maximum Gasteiger partial charge on any atom is 0.227 e. The van der Waals surface area contributed by atoms with E-state index in [1.54, 1.807) is 0 Å². The van der Waals surface area contributed by atoms with E-state index in [0.29, 0.717) is 12.5 Å². The van der Waals surface area contributed by atoms with Crippen molar-refractivity contribution in [1.82, 2.24) is 10.2 Å². The zero-order chi connectivity index (χ0) is 12.3. The second-order valence-corrected chi connectivity index (χ2v) is 4.53. The maximum absolute atomic E-state index is 12.0. The molecule has 0 aromatic heterocycles. The number of nitrogens with two attached hydrogens (primary N) is 1. The lowest BCUT2D eigenvalue weighted by atomic mass is 10.1. The van der Waals surface area contributed by atoms with Crippen molar-refractivity contribution in [2.24, 2.45) is 0 Å². The van der Waals surface area contributed by atoms with Crippen molar-refractivity contribution in [2.75, 3.05) is 25.9 Å². The van der Waals surface area contributed by atoms with Gasteiger partial charge >= 0.3 is 0 Å². The van der Waals surface area contributed by atoms with E-state index < -0.39 is 0 Å². The normalized spacial score (nSPS) is 19.6. The highest BCUT2D eigenvalue weighted by Gasteiger charge is 2.24. The number of benzene rings is 1. The van der Waals surface area contributed by atoms with Gasteiger partial charge in [-0.1, -0.05) is 12.1 Å². The van der Waals surface area contributed by atoms with Gasteiger partial charge in [0.25, 0.3) is 0 Å². The number of nitrogens with one attached hydrogen (secondary N) is 1. The number of rotatable bonds is 3. The monoisotopic (exact) mass is 233 g/mol. The van der Waals surface area contributed by atoms with E-state index in [1.807, 2.05) is 36.2 Å². The molecule has 1 aliphatic rings. The summed E-state index contributed by atoms with van der Waals surface area (Å²) in [5.41, 5.74) is 7.37. The van der Waals surface area contributed by atoms with Gasteiger partial charge in [0.05, 0.1) is 6.42 Å². The molecule has 1 heterocycles. The average molecular weight is 233 g/mol. The quantitative estimate of drug-likeness (QED) is 0.753. The van der Waals surface area contributed by atoms with Crippen LogP contribution in [0.4, 0.5) is 5.69 Å². The number of likely N-dealkylation sites (N-methyl/N-ethyl adjacent to an activating group) is 1. The minimum atomic E-state index is 0.201. The highest BCUT2D eigenvalue weighted by atomic mass is 16.2. The predicted octanol–water partition coefficient (Wildman–Crippen LogP) is 0.632. The average Bonchev–Trinajstić information content (AvgIpc) is 2.81. The van der Waals surface area contributed by atoms with Gasteiger partial charge in [-0.25, -0.2) is 0 Å². The number of hydrogen-bond donors (Lipinski definition) is 2. The summed E-state index contributed by atoms with van der Waals surface area (Å²) in [4.78, 5) is 14.0. The molecule has 1 fully saturated rings. The van der Waals surface area contributed by atoms with Gasteiger partial charge < -0.3 is 16.0 Å². The molecule has 1 aromatic carbocycles. The Balaban J connectivity index is 1.91. The van der Waals surface area contributed by atoms with Crippen molar-refractivity contribution in [3.63, 3.8) is 0 Å². The van der Waals surface area contributed by atoms with Crippen molar-refractivity contribution in [3.05, 3.63) is 29.8 Å². The van der Waals surface area contributed by atoms with Gasteiger partial charge in [0.1, 0.15) is 0 Å². The van der Waals surface area contributed by atoms with Crippen LogP contribution in [0.25, 0.3) is 0 Å². The Morgan fingerprint density at radius 2 is 2.18 bits per heavy atom. The number of nitrogens with zero attached hydrogens (tertiary/aromatic N) is 1. The molecule has 3 N–H and O–H groups in total. The molecule has 0 aliphatic carbocycles. The molecule has 0 bridgehead atoms. The molecule has 92 valence electrons. The zero-order valence-electron chi connectivity index (χ0n) is 10.1. The van der Waals surface area contributed by atoms with E-state index in [2.05, 4.69) is 5.32 Å². The highest BCUT2D eigenvalue weighted by molar-refractivity contribution is 5.79. The fourth-order valence-electron chi connectivity index (χ4n) is 2.14. The van der Waals surface area contributed by atoms with Gasteiger partial charge in [0, 0.05) is 24.8 Å². The molecule has 4 heteroatoms. The third-order valence-corrected chi connectivity index (χ3v) is 3.28. The molecular weight excluding hydrogens is 214 g/mol. The predicted molar refractivity (Wildman–Crippen MR) is 68.6 cm³/mol. The lowest BCUT2D eigenvalue weighted by Gasteiger charge is -2.16. The van der Waals surface area contributed by atoms with Gasteiger partial charge in [-0.15, -0.1) is 0 Å². The molecule has 1 aliphatic heterocycles. The first kappa shape index (κ1) is 11.9. The highest BCUT2D eigenvalue weighted by Crippen LogP contribution is 2.12. The summed E-state index contributed by atoms with van der Waals surface area (Å²) >= 11 is 0. The third-order valence-electron chi connectivity index (χ3n) is 3.28. The molecule has 1 atom stereocenters. The molecule has 1 amide bonds. The number of nitrogen functional groups attached to an aromatic ring is 1. The minimum Gasteiger partial charge on any atom is -0.399 e. The molecular formula is C13H19N3O. The molecule has 0 spiro atoms. The summed E-state index contributed by atoms with van der Waals surface area (Å²) < 4.78 is 0. The van der Waals surface area contributed by atoms with E-state index >= 15 is 0 Å². The summed E-state index contributed by atoms with van der Waals surface area (Å²) in [5.74, 6) is 0.201. The van der Waals surface area contributed by atoms with Crippen LogP contribution in [0.3, 0.4) is 0 Å². The second-order valence-electron chi connectivity index (χ2n) is 4.53. The van der Waals surface area contributed by atoms with Crippen LogP contribution in [-0.2, 0) is 11.2 Å². The molecule has 0 saturated carbocycles. The van der Waals surface area contributed by atoms with Crippen molar-refractivity contribution in [2.45, 2.75) is 18.9 Å². The van der Waals surface area contributed by atoms with Crippen LogP contribution in [0.15, 0.2) is 24.3 Å². The fourth-order valence-corrected chi connectivity index (χ4v) is 2.14. The van der Waals surface area contributed by atoms with Gasteiger partial charge in [-0.3, -0.25) is 4.79 Å². The third kappa shape index (κ3) is 2.97. The molecule has 1 unspecified atom stereocenters. The molecule has 17 heavy (non-hydrogen) atoms. The second kappa shape index (κ2) is 5.19.